The molecule has 0 unspecified atom stereocenters. The van der Waals surface area contributed by atoms with Gasteiger partial charge in [-0.15, -0.1) is 0 Å². The molecule has 2 aromatic rings. The molecule has 2 rings (SSSR count). The molecule has 0 saturated carbocycles. The molecule has 0 atom stereocenters. The van der Waals surface area contributed by atoms with Gasteiger partial charge in [0, 0.05) is 26.7 Å². The number of aromatic nitrogens is 2. The van der Waals surface area contributed by atoms with Gasteiger partial charge in [0.1, 0.15) is 5.82 Å². The summed E-state index contributed by atoms with van der Waals surface area (Å²) in [7, 11) is 1.74. The van der Waals surface area contributed by atoms with Crippen LogP contribution in [-0.4, -0.2) is 29.8 Å². The number of fused-ring (bicyclic) bond motifs is 1. The topological polar surface area (TPSA) is 53.1 Å². The molecule has 0 aliphatic carbocycles. The van der Waals surface area contributed by atoms with Gasteiger partial charge in [0.25, 0.3) is 0 Å². The smallest absolute Gasteiger partial charge is 0.111 e. The zero-order chi connectivity index (χ0) is 12.8. The van der Waals surface area contributed by atoms with Crippen LogP contribution in [0.5, 0.6) is 0 Å². The molecule has 0 spiro atoms. The molecule has 4 nitrogen and oxygen atoms in total. The lowest BCUT2D eigenvalue weighted by Crippen LogP contribution is -2.10. The molecule has 0 radical (unpaired) electrons. The minimum absolute atomic E-state index is 0.640. The van der Waals surface area contributed by atoms with Gasteiger partial charge < -0.3 is 15.0 Å². The van der Waals surface area contributed by atoms with Crippen LogP contribution < -0.4 is 5.73 Å². The van der Waals surface area contributed by atoms with Gasteiger partial charge in [-0.25, -0.2) is 4.98 Å². The summed E-state index contributed by atoms with van der Waals surface area (Å²) in [6, 6.07) is 8.26. The third kappa shape index (κ3) is 2.89. The average molecular weight is 247 g/mol. The van der Waals surface area contributed by atoms with Gasteiger partial charge >= 0.3 is 0 Å². The second-order valence-corrected chi connectivity index (χ2v) is 4.41. The van der Waals surface area contributed by atoms with Crippen molar-refractivity contribution in [2.75, 3.05) is 20.3 Å². The molecule has 0 saturated heterocycles. The Hall–Kier alpha value is -1.39. The lowest BCUT2D eigenvalue weighted by Gasteiger charge is -2.08. The third-order valence-corrected chi connectivity index (χ3v) is 3.08. The summed E-state index contributed by atoms with van der Waals surface area (Å²) in [5.41, 5.74) is 7.92. The Balaban J connectivity index is 2.19. The minimum atomic E-state index is 0.640. The number of hydrogen-bond donors (Lipinski definition) is 1. The molecular formula is C14H21N3O. The van der Waals surface area contributed by atoms with Gasteiger partial charge in [0.2, 0.25) is 0 Å². The highest BCUT2D eigenvalue weighted by atomic mass is 16.5. The van der Waals surface area contributed by atoms with Crippen molar-refractivity contribution < 1.29 is 4.74 Å². The Morgan fingerprint density at radius 2 is 2.11 bits per heavy atom. The van der Waals surface area contributed by atoms with E-state index in [4.69, 9.17) is 10.5 Å². The SMILES string of the molecule is COCCCCn1c(CCN)nc2ccccc21. The van der Waals surface area contributed by atoms with Crippen LogP contribution in [0.15, 0.2) is 24.3 Å². The molecule has 1 aromatic carbocycles. The van der Waals surface area contributed by atoms with E-state index in [1.807, 2.05) is 6.07 Å². The number of imidazole rings is 1. The molecule has 1 aromatic heterocycles. The first-order chi connectivity index (χ1) is 8.86. The summed E-state index contributed by atoms with van der Waals surface area (Å²) >= 11 is 0. The van der Waals surface area contributed by atoms with E-state index in [-0.39, 0.29) is 0 Å². The Bertz CT molecular complexity index is 493. The monoisotopic (exact) mass is 247 g/mol. The summed E-state index contributed by atoms with van der Waals surface area (Å²) in [6.45, 7) is 2.44. The number of nitrogens with zero attached hydrogens (tertiary/aromatic N) is 2. The van der Waals surface area contributed by atoms with Crippen LogP contribution in [-0.2, 0) is 17.7 Å². The highest BCUT2D eigenvalue weighted by Crippen LogP contribution is 2.17. The second kappa shape index (κ2) is 6.52. The van der Waals surface area contributed by atoms with Gasteiger partial charge in [-0.2, -0.15) is 0 Å². The molecule has 0 aliphatic rings. The van der Waals surface area contributed by atoms with Crippen LogP contribution in [0.25, 0.3) is 11.0 Å². The quantitative estimate of drug-likeness (QED) is 0.761. The van der Waals surface area contributed by atoms with E-state index in [1.165, 1.54) is 5.52 Å². The predicted molar refractivity (Wildman–Crippen MR) is 73.6 cm³/mol. The van der Waals surface area contributed by atoms with Crippen molar-refractivity contribution in [2.45, 2.75) is 25.8 Å². The summed E-state index contributed by atoms with van der Waals surface area (Å²) < 4.78 is 7.37. The number of unbranched alkanes of at least 4 members (excludes halogenated alkanes) is 1. The number of benzene rings is 1. The molecule has 2 N–H and O–H groups in total. The highest BCUT2D eigenvalue weighted by molar-refractivity contribution is 5.75. The predicted octanol–water partition coefficient (Wildman–Crippen LogP) is 1.96. The Kier molecular flexibility index (Phi) is 4.73. The van der Waals surface area contributed by atoms with Crippen LogP contribution >= 0.6 is 0 Å². The highest BCUT2D eigenvalue weighted by Gasteiger charge is 2.08. The summed E-state index contributed by atoms with van der Waals surface area (Å²) in [5, 5.41) is 0. The maximum atomic E-state index is 5.65. The molecule has 0 fully saturated rings. The fourth-order valence-electron chi connectivity index (χ4n) is 2.21. The molecule has 0 bridgehead atoms. The van der Waals surface area contributed by atoms with E-state index in [2.05, 4.69) is 27.8 Å². The fraction of sp³-hybridized carbons (Fsp3) is 0.500. The normalized spacial score (nSPS) is 11.2. The first-order valence-electron chi connectivity index (χ1n) is 6.50. The van der Waals surface area contributed by atoms with Crippen molar-refractivity contribution in [3.05, 3.63) is 30.1 Å². The molecule has 18 heavy (non-hydrogen) atoms. The maximum absolute atomic E-state index is 5.65. The van der Waals surface area contributed by atoms with Crippen LogP contribution in [0.3, 0.4) is 0 Å². The Labute approximate surface area is 108 Å². The Morgan fingerprint density at radius 1 is 1.28 bits per heavy atom. The van der Waals surface area contributed by atoms with Gasteiger partial charge in [-0.3, -0.25) is 0 Å². The Morgan fingerprint density at radius 3 is 2.89 bits per heavy atom. The van der Waals surface area contributed by atoms with E-state index >= 15 is 0 Å². The number of nitrogens with two attached hydrogens (primary N) is 1. The molecule has 0 aliphatic heterocycles. The molecular weight excluding hydrogens is 226 g/mol. The number of rotatable bonds is 7. The van der Waals surface area contributed by atoms with E-state index in [0.717, 1.165) is 43.8 Å². The summed E-state index contributed by atoms with van der Waals surface area (Å²) in [4.78, 5) is 4.65. The van der Waals surface area contributed by atoms with Gasteiger partial charge in [-0.1, -0.05) is 12.1 Å². The third-order valence-electron chi connectivity index (χ3n) is 3.08. The van der Waals surface area contributed by atoms with E-state index in [9.17, 15) is 0 Å². The number of para-hydroxylation sites is 2. The van der Waals surface area contributed by atoms with Crippen molar-refractivity contribution in [1.29, 1.82) is 0 Å². The van der Waals surface area contributed by atoms with Crippen molar-refractivity contribution in [2.24, 2.45) is 5.73 Å². The zero-order valence-electron chi connectivity index (χ0n) is 10.9. The molecule has 0 amide bonds. The zero-order valence-corrected chi connectivity index (χ0v) is 10.9. The van der Waals surface area contributed by atoms with Gasteiger partial charge in [0.15, 0.2) is 0 Å². The summed E-state index contributed by atoms with van der Waals surface area (Å²) in [6.07, 6.45) is 3.01. The lowest BCUT2D eigenvalue weighted by molar-refractivity contribution is 0.191. The minimum Gasteiger partial charge on any atom is -0.385 e. The second-order valence-electron chi connectivity index (χ2n) is 4.41. The van der Waals surface area contributed by atoms with Crippen molar-refractivity contribution in [1.82, 2.24) is 9.55 Å². The van der Waals surface area contributed by atoms with Gasteiger partial charge in [-0.05, 0) is 31.5 Å². The largest absolute Gasteiger partial charge is 0.385 e. The number of methoxy groups -OCH3 is 1. The first-order valence-corrected chi connectivity index (χ1v) is 6.50. The van der Waals surface area contributed by atoms with Gasteiger partial charge in [0.05, 0.1) is 11.0 Å². The van der Waals surface area contributed by atoms with Crippen LogP contribution in [0.4, 0.5) is 0 Å². The van der Waals surface area contributed by atoms with Crippen LogP contribution in [0, 0.1) is 0 Å². The molecule has 1 heterocycles. The van der Waals surface area contributed by atoms with E-state index in [0.29, 0.717) is 6.54 Å². The lowest BCUT2D eigenvalue weighted by atomic mass is 10.3. The van der Waals surface area contributed by atoms with Crippen LogP contribution in [0.1, 0.15) is 18.7 Å². The van der Waals surface area contributed by atoms with Crippen LogP contribution in [0.2, 0.25) is 0 Å². The average Bonchev–Trinajstić information content (AvgIpc) is 2.73. The fourth-order valence-corrected chi connectivity index (χ4v) is 2.21. The first kappa shape index (κ1) is 13.1. The molecule has 4 heteroatoms. The van der Waals surface area contributed by atoms with E-state index in [1.54, 1.807) is 7.11 Å². The number of hydrogen-bond acceptors (Lipinski definition) is 3. The maximum Gasteiger partial charge on any atom is 0.111 e. The van der Waals surface area contributed by atoms with Crippen molar-refractivity contribution >= 4 is 11.0 Å². The van der Waals surface area contributed by atoms with Crippen molar-refractivity contribution in [3.63, 3.8) is 0 Å². The number of ether oxygens (including phenoxy) is 1. The molecule has 98 valence electrons. The van der Waals surface area contributed by atoms with E-state index < -0.39 is 0 Å². The standard InChI is InChI=1S/C14H21N3O/c1-18-11-5-4-10-17-13-7-3-2-6-12(13)16-14(17)8-9-15/h2-3,6-7H,4-5,8-11,15H2,1H3. The number of aryl methyl sites for hydroxylation is 1. The summed E-state index contributed by atoms with van der Waals surface area (Å²) in [5.74, 6) is 1.09. The van der Waals surface area contributed by atoms with Crippen molar-refractivity contribution in [3.8, 4) is 0 Å².